The highest BCUT2D eigenvalue weighted by Gasteiger charge is 2.23. The molecule has 0 atom stereocenters. The van der Waals surface area contributed by atoms with Gasteiger partial charge < -0.3 is 14.8 Å². The number of ether oxygens (including phenoxy) is 2. The molecule has 2 heterocycles. The molecule has 0 saturated heterocycles. The van der Waals surface area contributed by atoms with Gasteiger partial charge in [-0.2, -0.15) is 0 Å². The van der Waals surface area contributed by atoms with E-state index in [-0.39, 0.29) is 5.78 Å². The predicted octanol–water partition coefficient (Wildman–Crippen LogP) is 4.31. The molecule has 0 fully saturated rings. The summed E-state index contributed by atoms with van der Waals surface area (Å²) in [5, 5.41) is 2.62. The second-order valence-electron chi connectivity index (χ2n) is 6.51. The SMILES string of the molecule is CC(=O)c1cccc(NC(=O)COC(=O)c2cc3c(s2)-c2ccccc2OC3)c1. The molecule has 1 amide bonds. The number of ketones is 1. The van der Waals surface area contributed by atoms with Gasteiger partial charge >= 0.3 is 5.97 Å². The fraction of sp³-hybridized carbons (Fsp3) is 0.136. The van der Waals surface area contributed by atoms with Crippen LogP contribution in [0.3, 0.4) is 0 Å². The van der Waals surface area contributed by atoms with E-state index in [1.54, 1.807) is 30.3 Å². The molecule has 1 aliphatic heterocycles. The minimum Gasteiger partial charge on any atom is -0.488 e. The minimum atomic E-state index is -0.561. The number of fused-ring (bicyclic) bond motifs is 3. The lowest BCUT2D eigenvalue weighted by Gasteiger charge is -2.16. The quantitative estimate of drug-likeness (QED) is 0.504. The van der Waals surface area contributed by atoms with Crippen LogP contribution in [-0.2, 0) is 16.1 Å². The number of Topliss-reactive ketones (excluding diaryl/α,β-unsaturated/α-hetero) is 1. The van der Waals surface area contributed by atoms with Crippen LogP contribution in [-0.4, -0.2) is 24.3 Å². The summed E-state index contributed by atoms with van der Waals surface area (Å²) in [6.45, 7) is 1.43. The second kappa shape index (κ2) is 7.89. The van der Waals surface area contributed by atoms with Crippen LogP contribution < -0.4 is 10.1 Å². The topological polar surface area (TPSA) is 81.7 Å². The Balaban J connectivity index is 1.40. The lowest BCUT2D eigenvalue weighted by molar-refractivity contribution is -0.119. The summed E-state index contributed by atoms with van der Waals surface area (Å²) in [6.07, 6.45) is 0. The van der Waals surface area contributed by atoms with Gasteiger partial charge in [-0.3, -0.25) is 9.59 Å². The molecule has 0 radical (unpaired) electrons. The van der Waals surface area contributed by atoms with E-state index < -0.39 is 18.5 Å². The van der Waals surface area contributed by atoms with Crippen molar-refractivity contribution >= 4 is 34.7 Å². The van der Waals surface area contributed by atoms with Crippen molar-refractivity contribution in [3.63, 3.8) is 0 Å². The molecule has 146 valence electrons. The number of nitrogens with one attached hydrogen (secondary N) is 1. The Morgan fingerprint density at radius 3 is 2.76 bits per heavy atom. The molecule has 0 unspecified atom stereocenters. The fourth-order valence-corrected chi connectivity index (χ4v) is 4.11. The van der Waals surface area contributed by atoms with E-state index in [2.05, 4.69) is 5.32 Å². The van der Waals surface area contributed by atoms with Gasteiger partial charge in [-0.05, 0) is 37.3 Å². The molecule has 7 heteroatoms. The number of amides is 1. The van der Waals surface area contributed by atoms with Crippen LogP contribution in [0.25, 0.3) is 10.4 Å². The Bertz CT molecular complexity index is 1120. The number of anilines is 1. The fourth-order valence-electron chi connectivity index (χ4n) is 3.02. The van der Waals surface area contributed by atoms with Crippen molar-refractivity contribution in [3.8, 4) is 16.2 Å². The molecule has 0 bridgehead atoms. The number of esters is 1. The highest BCUT2D eigenvalue weighted by atomic mass is 32.1. The van der Waals surface area contributed by atoms with E-state index in [1.807, 2.05) is 24.3 Å². The zero-order valence-corrected chi connectivity index (χ0v) is 16.4. The number of benzene rings is 2. The van der Waals surface area contributed by atoms with Gasteiger partial charge in [0.15, 0.2) is 12.4 Å². The van der Waals surface area contributed by atoms with E-state index in [9.17, 15) is 14.4 Å². The molecule has 6 nitrogen and oxygen atoms in total. The molecule has 3 aromatic rings. The van der Waals surface area contributed by atoms with E-state index in [0.717, 1.165) is 21.8 Å². The Kier molecular flexibility index (Phi) is 5.14. The summed E-state index contributed by atoms with van der Waals surface area (Å²) in [5.41, 5.74) is 2.83. The van der Waals surface area contributed by atoms with Gasteiger partial charge in [-0.1, -0.05) is 24.3 Å². The molecule has 1 aromatic heterocycles. The standard InChI is InChI=1S/C22H17NO5S/c1-13(24)14-5-4-6-16(9-14)23-20(25)12-28-22(26)19-10-15-11-27-18-8-3-2-7-17(18)21(15)29-19/h2-10H,11-12H2,1H3,(H,23,25). The molecule has 29 heavy (non-hydrogen) atoms. The van der Waals surface area contributed by atoms with Crippen molar-refractivity contribution in [2.24, 2.45) is 0 Å². The van der Waals surface area contributed by atoms with Crippen molar-refractivity contribution in [3.05, 3.63) is 70.6 Å². The summed E-state index contributed by atoms with van der Waals surface area (Å²) >= 11 is 1.32. The Labute approximate surface area is 171 Å². The summed E-state index contributed by atoms with van der Waals surface area (Å²) in [4.78, 5) is 37.3. The Morgan fingerprint density at radius 2 is 1.93 bits per heavy atom. The van der Waals surface area contributed by atoms with E-state index >= 15 is 0 Å². The molecular formula is C22H17NO5S. The summed E-state index contributed by atoms with van der Waals surface area (Å²) in [5.74, 6) is -0.350. The highest BCUT2D eigenvalue weighted by Crippen LogP contribution is 2.42. The molecule has 4 rings (SSSR count). The predicted molar refractivity (Wildman–Crippen MR) is 109 cm³/mol. The van der Waals surface area contributed by atoms with Crippen LogP contribution in [0.15, 0.2) is 54.6 Å². The van der Waals surface area contributed by atoms with Crippen molar-refractivity contribution in [2.45, 2.75) is 13.5 Å². The van der Waals surface area contributed by atoms with E-state index in [0.29, 0.717) is 22.7 Å². The lowest BCUT2D eigenvalue weighted by Crippen LogP contribution is -2.20. The maximum atomic E-state index is 12.4. The Hall–Kier alpha value is -3.45. The van der Waals surface area contributed by atoms with Gasteiger partial charge in [0.1, 0.15) is 17.2 Å². The first-order valence-electron chi connectivity index (χ1n) is 8.94. The second-order valence-corrected chi connectivity index (χ2v) is 7.56. The molecular weight excluding hydrogens is 390 g/mol. The third-order valence-electron chi connectivity index (χ3n) is 4.41. The van der Waals surface area contributed by atoms with Crippen molar-refractivity contribution in [2.75, 3.05) is 11.9 Å². The van der Waals surface area contributed by atoms with Crippen LogP contribution >= 0.6 is 11.3 Å². The minimum absolute atomic E-state index is 0.0975. The smallest absolute Gasteiger partial charge is 0.348 e. The number of rotatable bonds is 5. The first-order valence-corrected chi connectivity index (χ1v) is 9.76. The first kappa shape index (κ1) is 18.9. The summed E-state index contributed by atoms with van der Waals surface area (Å²) < 4.78 is 10.9. The van der Waals surface area contributed by atoms with Crippen LogP contribution in [0.1, 0.15) is 32.5 Å². The maximum Gasteiger partial charge on any atom is 0.348 e. The summed E-state index contributed by atoms with van der Waals surface area (Å²) in [7, 11) is 0. The van der Waals surface area contributed by atoms with Gasteiger partial charge in [-0.15, -0.1) is 11.3 Å². The third-order valence-corrected chi connectivity index (χ3v) is 5.60. The van der Waals surface area contributed by atoms with Gasteiger partial charge in [0, 0.05) is 27.3 Å². The van der Waals surface area contributed by atoms with Crippen LogP contribution in [0, 0.1) is 0 Å². The molecule has 0 aliphatic carbocycles. The number of carbonyl (C=O) groups is 3. The van der Waals surface area contributed by atoms with Crippen LogP contribution in [0.5, 0.6) is 5.75 Å². The summed E-state index contributed by atoms with van der Waals surface area (Å²) in [6, 6.07) is 16.0. The third kappa shape index (κ3) is 4.05. The van der Waals surface area contributed by atoms with Crippen molar-refractivity contribution < 1.29 is 23.9 Å². The number of hydrogen-bond donors (Lipinski definition) is 1. The first-order chi connectivity index (χ1) is 14.0. The van der Waals surface area contributed by atoms with Gasteiger partial charge in [-0.25, -0.2) is 4.79 Å². The zero-order chi connectivity index (χ0) is 20.4. The molecule has 1 N–H and O–H groups in total. The van der Waals surface area contributed by atoms with Gasteiger partial charge in [0.25, 0.3) is 5.91 Å². The maximum absolute atomic E-state index is 12.4. The van der Waals surface area contributed by atoms with Gasteiger partial charge in [0.05, 0.1) is 0 Å². The van der Waals surface area contributed by atoms with E-state index in [4.69, 9.17) is 9.47 Å². The molecule has 0 saturated carbocycles. The van der Waals surface area contributed by atoms with Crippen LogP contribution in [0.2, 0.25) is 0 Å². The normalized spacial score (nSPS) is 11.6. The number of hydrogen-bond acceptors (Lipinski definition) is 6. The average Bonchev–Trinajstić information content (AvgIpc) is 3.17. The van der Waals surface area contributed by atoms with Crippen molar-refractivity contribution in [1.82, 2.24) is 0 Å². The van der Waals surface area contributed by atoms with Gasteiger partial charge in [0.2, 0.25) is 0 Å². The highest BCUT2D eigenvalue weighted by molar-refractivity contribution is 7.17. The number of para-hydroxylation sites is 1. The Morgan fingerprint density at radius 1 is 1.10 bits per heavy atom. The number of thiophene rings is 1. The van der Waals surface area contributed by atoms with Crippen molar-refractivity contribution in [1.29, 1.82) is 0 Å². The monoisotopic (exact) mass is 407 g/mol. The molecule has 0 spiro atoms. The average molecular weight is 407 g/mol. The molecule has 1 aliphatic rings. The van der Waals surface area contributed by atoms with E-state index in [1.165, 1.54) is 18.3 Å². The lowest BCUT2D eigenvalue weighted by atomic mass is 10.1. The zero-order valence-electron chi connectivity index (χ0n) is 15.6. The van der Waals surface area contributed by atoms with Crippen LogP contribution in [0.4, 0.5) is 5.69 Å². The molecule has 2 aromatic carbocycles. The largest absolute Gasteiger partial charge is 0.488 e. The number of carbonyl (C=O) groups excluding carboxylic acids is 3.